The molecule has 1 unspecified atom stereocenters. The zero-order valence-electron chi connectivity index (χ0n) is 10.7. The molecule has 2 nitrogen and oxygen atoms in total. The van der Waals surface area contributed by atoms with Crippen LogP contribution in [0.4, 0.5) is 4.39 Å². The molecular weight excluding hydrogens is 229 g/mol. The highest BCUT2D eigenvalue weighted by molar-refractivity contribution is 5.24. The lowest BCUT2D eigenvalue weighted by atomic mass is 9.76. The van der Waals surface area contributed by atoms with Gasteiger partial charge in [-0.25, -0.2) is 4.39 Å². The molecule has 0 radical (unpaired) electrons. The van der Waals surface area contributed by atoms with Gasteiger partial charge in [0.25, 0.3) is 0 Å². The fraction of sp³-hybridized carbons (Fsp3) is 0.600. The molecule has 2 aliphatic heterocycles. The van der Waals surface area contributed by atoms with Gasteiger partial charge in [-0.1, -0.05) is 12.1 Å². The summed E-state index contributed by atoms with van der Waals surface area (Å²) in [5, 5.41) is 9.71. The summed E-state index contributed by atoms with van der Waals surface area (Å²) in [4.78, 5) is 2.43. The maximum absolute atomic E-state index is 13.0. The number of aliphatic hydroxyl groups is 1. The van der Waals surface area contributed by atoms with Gasteiger partial charge in [-0.2, -0.15) is 0 Å². The Bertz CT molecular complexity index is 419. The molecule has 1 aromatic rings. The van der Waals surface area contributed by atoms with Crippen LogP contribution in [-0.2, 0) is 0 Å². The van der Waals surface area contributed by atoms with Gasteiger partial charge in [0.05, 0.1) is 0 Å². The Balaban J connectivity index is 1.89. The molecule has 1 aromatic carbocycles. The molecule has 2 aliphatic rings. The summed E-state index contributed by atoms with van der Waals surface area (Å²) < 4.78 is 13.0. The van der Waals surface area contributed by atoms with Crippen LogP contribution in [0.3, 0.4) is 0 Å². The second kappa shape index (κ2) is 4.63. The monoisotopic (exact) mass is 249 g/mol. The highest BCUT2D eigenvalue weighted by atomic mass is 19.1. The van der Waals surface area contributed by atoms with Crippen molar-refractivity contribution in [2.24, 2.45) is 5.92 Å². The van der Waals surface area contributed by atoms with Gasteiger partial charge < -0.3 is 10.0 Å². The Morgan fingerprint density at radius 2 is 2.00 bits per heavy atom. The smallest absolute Gasteiger partial charge is 0.123 e. The molecule has 0 spiro atoms. The average Bonchev–Trinajstić information content (AvgIpc) is 2.63. The SMILES string of the molecule is CN1C2CC[C@@H]1[C@H](CO)[C@@H](c1ccc(F)cc1)C2. The van der Waals surface area contributed by atoms with E-state index in [-0.39, 0.29) is 12.4 Å². The summed E-state index contributed by atoms with van der Waals surface area (Å²) >= 11 is 0. The van der Waals surface area contributed by atoms with E-state index in [0.717, 1.165) is 6.42 Å². The Morgan fingerprint density at radius 1 is 1.28 bits per heavy atom. The molecule has 98 valence electrons. The van der Waals surface area contributed by atoms with Gasteiger partial charge in [-0.3, -0.25) is 0 Å². The fourth-order valence-electron chi connectivity index (χ4n) is 3.92. The van der Waals surface area contributed by atoms with Crippen molar-refractivity contribution in [1.82, 2.24) is 4.90 Å². The molecule has 2 saturated heterocycles. The average molecular weight is 249 g/mol. The zero-order valence-corrected chi connectivity index (χ0v) is 10.7. The quantitative estimate of drug-likeness (QED) is 0.870. The molecule has 0 aliphatic carbocycles. The minimum absolute atomic E-state index is 0.185. The molecule has 2 heterocycles. The van der Waals surface area contributed by atoms with Gasteiger partial charge in [-0.15, -0.1) is 0 Å². The van der Waals surface area contributed by atoms with E-state index in [1.165, 1.54) is 30.5 Å². The molecule has 2 fully saturated rings. The molecular formula is C15H20FNO. The van der Waals surface area contributed by atoms with Gasteiger partial charge in [-0.05, 0) is 49.9 Å². The predicted octanol–water partition coefficient (Wildman–Crippen LogP) is 2.38. The molecule has 0 saturated carbocycles. The van der Waals surface area contributed by atoms with Crippen LogP contribution < -0.4 is 0 Å². The van der Waals surface area contributed by atoms with Gasteiger partial charge >= 0.3 is 0 Å². The van der Waals surface area contributed by atoms with Crippen molar-refractivity contribution in [2.45, 2.75) is 37.3 Å². The van der Waals surface area contributed by atoms with Crippen molar-refractivity contribution in [2.75, 3.05) is 13.7 Å². The fourth-order valence-corrected chi connectivity index (χ4v) is 3.92. The highest BCUT2D eigenvalue weighted by Crippen LogP contribution is 2.45. The Morgan fingerprint density at radius 3 is 2.67 bits per heavy atom. The van der Waals surface area contributed by atoms with Crippen LogP contribution >= 0.6 is 0 Å². The molecule has 3 rings (SSSR count). The summed E-state index contributed by atoms with van der Waals surface area (Å²) in [6, 6.07) is 7.95. The molecule has 0 amide bonds. The minimum atomic E-state index is -0.185. The summed E-state index contributed by atoms with van der Waals surface area (Å²) in [6.45, 7) is 0.226. The first kappa shape index (κ1) is 12.1. The molecule has 2 bridgehead atoms. The lowest BCUT2D eigenvalue weighted by molar-refractivity contribution is 0.0592. The number of piperidine rings is 1. The van der Waals surface area contributed by atoms with E-state index in [4.69, 9.17) is 0 Å². The maximum atomic E-state index is 13.0. The molecule has 3 heteroatoms. The van der Waals surface area contributed by atoms with E-state index in [1.54, 1.807) is 0 Å². The van der Waals surface area contributed by atoms with E-state index in [2.05, 4.69) is 11.9 Å². The third-order valence-electron chi connectivity index (χ3n) is 4.94. The number of hydrogen-bond donors (Lipinski definition) is 1. The summed E-state index contributed by atoms with van der Waals surface area (Å²) in [7, 11) is 2.17. The summed E-state index contributed by atoms with van der Waals surface area (Å²) in [5.41, 5.74) is 1.18. The van der Waals surface area contributed by atoms with E-state index < -0.39 is 0 Å². The van der Waals surface area contributed by atoms with Crippen molar-refractivity contribution in [3.05, 3.63) is 35.6 Å². The van der Waals surface area contributed by atoms with E-state index >= 15 is 0 Å². The first-order chi connectivity index (χ1) is 8.70. The van der Waals surface area contributed by atoms with Gasteiger partial charge in [0.1, 0.15) is 5.82 Å². The van der Waals surface area contributed by atoms with E-state index in [9.17, 15) is 9.50 Å². The topological polar surface area (TPSA) is 23.5 Å². The minimum Gasteiger partial charge on any atom is -0.396 e. The third-order valence-corrected chi connectivity index (χ3v) is 4.94. The van der Waals surface area contributed by atoms with Crippen molar-refractivity contribution in [3.8, 4) is 0 Å². The highest BCUT2D eigenvalue weighted by Gasteiger charge is 2.45. The van der Waals surface area contributed by atoms with Crippen LogP contribution in [0.2, 0.25) is 0 Å². The number of benzene rings is 1. The maximum Gasteiger partial charge on any atom is 0.123 e. The first-order valence-corrected chi connectivity index (χ1v) is 6.79. The predicted molar refractivity (Wildman–Crippen MR) is 68.9 cm³/mol. The summed E-state index contributed by atoms with van der Waals surface area (Å²) in [5.74, 6) is 0.485. The number of nitrogens with zero attached hydrogens (tertiary/aromatic N) is 1. The van der Waals surface area contributed by atoms with Crippen LogP contribution in [0.1, 0.15) is 30.7 Å². The lowest BCUT2D eigenvalue weighted by Gasteiger charge is -2.42. The normalized spacial score (nSPS) is 35.9. The van der Waals surface area contributed by atoms with Crippen molar-refractivity contribution in [1.29, 1.82) is 0 Å². The number of rotatable bonds is 2. The largest absolute Gasteiger partial charge is 0.396 e. The Labute approximate surface area is 107 Å². The van der Waals surface area contributed by atoms with Crippen molar-refractivity contribution < 1.29 is 9.50 Å². The van der Waals surface area contributed by atoms with Crippen LogP contribution in [0, 0.1) is 11.7 Å². The Kier molecular flexibility index (Phi) is 3.12. The molecule has 1 N–H and O–H groups in total. The van der Waals surface area contributed by atoms with E-state index in [0.29, 0.717) is 23.9 Å². The standard InChI is InChI=1S/C15H20FNO/c1-17-12-6-7-15(17)14(9-18)13(8-12)10-2-4-11(16)5-3-10/h2-5,12-15,18H,6-9H2,1H3/t12?,13-,14-,15-/m1/s1. The van der Waals surface area contributed by atoms with Gasteiger partial charge in [0.15, 0.2) is 0 Å². The molecule has 0 aromatic heterocycles. The second-order valence-corrected chi connectivity index (χ2v) is 5.70. The van der Waals surface area contributed by atoms with Gasteiger partial charge in [0, 0.05) is 24.6 Å². The lowest BCUT2D eigenvalue weighted by Crippen LogP contribution is -2.47. The molecule has 18 heavy (non-hydrogen) atoms. The first-order valence-electron chi connectivity index (χ1n) is 6.79. The molecule has 4 atom stereocenters. The van der Waals surface area contributed by atoms with Crippen LogP contribution in [0.5, 0.6) is 0 Å². The van der Waals surface area contributed by atoms with Crippen LogP contribution in [0.15, 0.2) is 24.3 Å². The second-order valence-electron chi connectivity index (χ2n) is 5.70. The van der Waals surface area contributed by atoms with Crippen LogP contribution in [-0.4, -0.2) is 35.7 Å². The number of hydrogen-bond acceptors (Lipinski definition) is 2. The van der Waals surface area contributed by atoms with Crippen molar-refractivity contribution >= 4 is 0 Å². The number of fused-ring (bicyclic) bond motifs is 2. The van der Waals surface area contributed by atoms with Gasteiger partial charge in [0.2, 0.25) is 0 Å². The zero-order chi connectivity index (χ0) is 12.7. The van der Waals surface area contributed by atoms with Crippen molar-refractivity contribution in [3.63, 3.8) is 0 Å². The Hall–Kier alpha value is -0.930. The number of halogens is 1. The van der Waals surface area contributed by atoms with E-state index in [1.807, 2.05) is 12.1 Å². The summed E-state index contributed by atoms with van der Waals surface area (Å²) in [6.07, 6.45) is 3.50. The van der Waals surface area contributed by atoms with Crippen LogP contribution in [0.25, 0.3) is 0 Å². The third kappa shape index (κ3) is 1.86. The number of aliphatic hydroxyl groups excluding tert-OH is 1.